The summed E-state index contributed by atoms with van der Waals surface area (Å²) in [6.45, 7) is 5.46. The quantitative estimate of drug-likeness (QED) is 0.850. The number of nitrogens with zero attached hydrogens (tertiary/aromatic N) is 3. The SMILES string of the molecule is Cc1cn(C)cc1C(=O)N1CCN(C(=O)c2ccco2)CC1C. The summed E-state index contributed by atoms with van der Waals surface area (Å²) in [5.41, 5.74) is 1.70. The lowest BCUT2D eigenvalue weighted by atomic mass is 10.1. The second-order valence-corrected chi connectivity index (χ2v) is 6.10. The molecule has 2 aromatic heterocycles. The van der Waals surface area contributed by atoms with Gasteiger partial charge in [-0.05, 0) is 31.5 Å². The minimum Gasteiger partial charge on any atom is -0.459 e. The Balaban J connectivity index is 1.70. The van der Waals surface area contributed by atoms with E-state index in [1.807, 2.05) is 42.8 Å². The summed E-state index contributed by atoms with van der Waals surface area (Å²) in [5, 5.41) is 0. The number of rotatable bonds is 2. The van der Waals surface area contributed by atoms with Gasteiger partial charge in [0.1, 0.15) is 0 Å². The van der Waals surface area contributed by atoms with E-state index in [1.165, 1.54) is 6.26 Å². The Bertz CT molecular complexity index is 718. The first-order valence-electron chi connectivity index (χ1n) is 7.73. The van der Waals surface area contributed by atoms with Crippen molar-refractivity contribution in [3.8, 4) is 0 Å². The number of aromatic nitrogens is 1. The Morgan fingerprint density at radius 1 is 1.22 bits per heavy atom. The molecule has 1 fully saturated rings. The van der Waals surface area contributed by atoms with E-state index in [0.29, 0.717) is 25.4 Å². The zero-order valence-corrected chi connectivity index (χ0v) is 13.7. The van der Waals surface area contributed by atoms with Gasteiger partial charge in [-0.15, -0.1) is 0 Å². The number of carbonyl (C=O) groups is 2. The number of amides is 2. The Morgan fingerprint density at radius 2 is 2.00 bits per heavy atom. The predicted molar refractivity (Wildman–Crippen MR) is 85.3 cm³/mol. The molecular weight excluding hydrogens is 294 g/mol. The van der Waals surface area contributed by atoms with E-state index in [4.69, 9.17) is 4.42 Å². The second-order valence-electron chi connectivity index (χ2n) is 6.10. The molecule has 122 valence electrons. The topological polar surface area (TPSA) is 58.7 Å². The second kappa shape index (κ2) is 5.95. The number of hydrogen-bond acceptors (Lipinski definition) is 3. The lowest BCUT2D eigenvalue weighted by Crippen LogP contribution is -2.55. The number of aryl methyl sites for hydroxylation is 2. The highest BCUT2D eigenvalue weighted by atomic mass is 16.3. The third-order valence-electron chi connectivity index (χ3n) is 4.29. The first kappa shape index (κ1) is 15.4. The van der Waals surface area contributed by atoms with Crippen LogP contribution in [-0.2, 0) is 7.05 Å². The van der Waals surface area contributed by atoms with Crippen molar-refractivity contribution in [3.05, 3.63) is 47.7 Å². The van der Waals surface area contributed by atoms with Crippen LogP contribution < -0.4 is 0 Å². The Hall–Kier alpha value is -2.50. The minimum atomic E-state index is -0.121. The predicted octanol–water partition coefficient (Wildman–Crippen LogP) is 1.91. The molecule has 2 aromatic rings. The van der Waals surface area contributed by atoms with Crippen LogP contribution in [0.15, 0.2) is 35.2 Å². The highest BCUT2D eigenvalue weighted by molar-refractivity contribution is 5.96. The molecule has 23 heavy (non-hydrogen) atoms. The fourth-order valence-electron chi connectivity index (χ4n) is 3.10. The van der Waals surface area contributed by atoms with E-state index in [-0.39, 0.29) is 17.9 Å². The number of furan rings is 1. The summed E-state index contributed by atoms with van der Waals surface area (Å²) < 4.78 is 7.06. The third-order valence-corrected chi connectivity index (χ3v) is 4.29. The van der Waals surface area contributed by atoms with Crippen molar-refractivity contribution in [2.24, 2.45) is 7.05 Å². The van der Waals surface area contributed by atoms with Crippen molar-refractivity contribution in [1.82, 2.24) is 14.4 Å². The molecular formula is C17H21N3O3. The van der Waals surface area contributed by atoms with Crippen molar-refractivity contribution < 1.29 is 14.0 Å². The van der Waals surface area contributed by atoms with Gasteiger partial charge >= 0.3 is 0 Å². The molecule has 3 heterocycles. The van der Waals surface area contributed by atoms with Crippen LogP contribution in [0.5, 0.6) is 0 Å². The van der Waals surface area contributed by atoms with Crippen molar-refractivity contribution in [2.45, 2.75) is 19.9 Å². The number of piperazine rings is 1. The lowest BCUT2D eigenvalue weighted by Gasteiger charge is -2.39. The smallest absolute Gasteiger partial charge is 0.289 e. The van der Waals surface area contributed by atoms with Crippen molar-refractivity contribution in [2.75, 3.05) is 19.6 Å². The van der Waals surface area contributed by atoms with Gasteiger partial charge in [-0.3, -0.25) is 9.59 Å². The zero-order valence-electron chi connectivity index (χ0n) is 13.7. The van der Waals surface area contributed by atoms with Crippen LogP contribution in [0.4, 0.5) is 0 Å². The van der Waals surface area contributed by atoms with Crippen LogP contribution >= 0.6 is 0 Å². The van der Waals surface area contributed by atoms with Gasteiger partial charge in [0.2, 0.25) is 0 Å². The Labute approximate surface area is 135 Å². The van der Waals surface area contributed by atoms with Gasteiger partial charge in [-0.1, -0.05) is 0 Å². The molecule has 1 atom stereocenters. The summed E-state index contributed by atoms with van der Waals surface area (Å²) >= 11 is 0. The molecule has 0 spiro atoms. The fourth-order valence-corrected chi connectivity index (χ4v) is 3.10. The van der Waals surface area contributed by atoms with Crippen LogP contribution in [0.2, 0.25) is 0 Å². The largest absolute Gasteiger partial charge is 0.459 e. The lowest BCUT2D eigenvalue weighted by molar-refractivity contribution is 0.0399. The molecule has 6 nitrogen and oxygen atoms in total. The molecule has 6 heteroatoms. The van der Waals surface area contributed by atoms with Crippen LogP contribution in [0.3, 0.4) is 0 Å². The molecule has 0 N–H and O–H groups in total. The molecule has 0 aromatic carbocycles. The van der Waals surface area contributed by atoms with E-state index < -0.39 is 0 Å². The maximum absolute atomic E-state index is 12.7. The Morgan fingerprint density at radius 3 is 2.57 bits per heavy atom. The van der Waals surface area contributed by atoms with Crippen molar-refractivity contribution >= 4 is 11.8 Å². The van der Waals surface area contributed by atoms with Crippen molar-refractivity contribution in [1.29, 1.82) is 0 Å². The number of hydrogen-bond donors (Lipinski definition) is 0. The van der Waals surface area contributed by atoms with Crippen LogP contribution in [0, 0.1) is 6.92 Å². The standard InChI is InChI=1S/C17H21N3O3/c1-12-9-18(3)11-14(12)16(21)20-7-6-19(10-13(20)2)17(22)15-5-4-8-23-15/h4-5,8-9,11,13H,6-7,10H2,1-3H3. The van der Waals surface area contributed by atoms with Gasteiger partial charge in [0, 0.05) is 45.1 Å². The molecule has 1 aliphatic rings. The summed E-state index contributed by atoms with van der Waals surface area (Å²) in [6.07, 6.45) is 5.29. The van der Waals surface area contributed by atoms with E-state index in [1.54, 1.807) is 17.0 Å². The summed E-state index contributed by atoms with van der Waals surface area (Å²) in [6, 6.07) is 3.33. The van der Waals surface area contributed by atoms with Gasteiger partial charge in [-0.2, -0.15) is 0 Å². The first-order chi connectivity index (χ1) is 11.0. The molecule has 1 saturated heterocycles. The van der Waals surface area contributed by atoms with Crippen LogP contribution in [-0.4, -0.2) is 51.9 Å². The Kier molecular flexibility index (Phi) is 3.98. The summed E-state index contributed by atoms with van der Waals surface area (Å²) in [5.74, 6) is 0.251. The fraction of sp³-hybridized carbons (Fsp3) is 0.412. The first-order valence-corrected chi connectivity index (χ1v) is 7.73. The van der Waals surface area contributed by atoms with Crippen molar-refractivity contribution in [3.63, 3.8) is 0 Å². The maximum atomic E-state index is 12.7. The molecule has 2 amide bonds. The molecule has 0 radical (unpaired) electrons. The highest BCUT2D eigenvalue weighted by Crippen LogP contribution is 2.18. The monoisotopic (exact) mass is 315 g/mol. The van der Waals surface area contributed by atoms with E-state index in [2.05, 4.69) is 0 Å². The third kappa shape index (κ3) is 2.88. The van der Waals surface area contributed by atoms with Gasteiger partial charge in [0.15, 0.2) is 5.76 Å². The molecule has 0 bridgehead atoms. The van der Waals surface area contributed by atoms with Crippen LogP contribution in [0.25, 0.3) is 0 Å². The van der Waals surface area contributed by atoms with E-state index >= 15 is 0 Å². The molecule has 1 aliphatic heterocycles. The minimum absolute atomic E-state index is 0.0284. The van der Waals surface area contributed by atoms with Gasteiger partial charge < -0.3 is 18.8 Å². The number of carbonyl (C=O) groups excluding carboxylic acids is 2. The van der Waals surface area contributed by atoms with E-state index in [0.717, 1.165) is 11.1 Å². The molecule has 3 rings (SSSR count). The summed E-state index contributed by atoms with van der Waals surface area (Å²) in [4.78, 5) is 28.7. The van der Waals surface area contributed by atoms with Gasteiger partial charge in [0.05, 0.1) is 11.8 Å². The molecule has 0 saturated carbocycles. The zero-order chi connectivity index (χ0) is 16.6. The summed E-state index contributed by atoms with van der Waals surface area (Å²) in [7, 11) is 1.91. The normalized spacial score (nSPS) is 18.3. The highest BCUT2D eigenvalue weighted by Gasteiger charge is 2.32. The van der Waals surface area contributed by atoms with Crippen LogP contribution in [0.1, 0.15) is 33.4 Å². The average Bonchev–Trinajstić information content (AvgIpc) is 3.15. The molecule has 0 aliphatic carbocycles. The van der Waals surface area contributed by atoms with E-state index in [9.17, 15) is 9.59 Å². The van der Waals surface area contributed by atoms with Gasteiger partial charge in [0.25, 0.3) is 11.8 Å². The van der Waals surface area contributed by atoms with Gasteiger partial charge in [-0.25, -0.2) is 0 Å². The average molecular weight is 315 g/mol. The molecule has 1 unspecified atom stereocenters. The maximum Gasteiger partial charge on any atom is 0.289 e.